The highest BCUT2D eigenvalue weighted by Crippen LogP contribution is 2.34. The topological polar surface area (TPSA) is 27.1 Å². The molecule has 0 spiro atoms. The van der Waals surface area contributed by atoms with Gasteiger partial charge in [0.2, 0.25) is 0 Å². The van der Waals surface area contributed by atoms with E-state index in [-0.39, 0.29) is 0 Å². The van der Waals surface area contributed by atoms with Crippen LogP contribution in [0.15, 0.2) is 84.9 Å². The zero-order valence-electron chi connectivity index (χ0n) is 16.2. The van der Waals surface area contributed by atoms with Crippen molar-refractivity contribution in [1.29, 1.82) is 0 Å². The lowest BCUT2D eigenvalue weighted by molar-refractivity contribution is -0.141. The molecule has 4 rings (SSSR count). The second-order valence-electron chi connectivity index (χ2n) is 6.91. The Morgan fingerprint density at radius 2 is 1.60 bits per heavy atom. The van der Waals surface area contributed by atoms with Crippen molar-refractivity contribution in [2.45, 2.75) is 19.7 Å². The van der Waals surface area contributed by atoms with Crippen LogP contribution >= 0.6 is 0 Å². The van der Waals surface area contributed by atoms with E-state index in [1.807, 2.05) is 49.4 Å². The van der Waals surface area contributed by atoms with Gasteiger partial charge in [-0.1, -0.05) is 60.7 Å². The molecule has 0 fully saturated rings. The monoisotopic (exact) mass is 408 g/mol. The number of para-hydroxylation sites is 1. The zero-order valence-corrected chi connectivity index (χ0v) is 16.2. The summed E-state index contributed by atoms with van der Waals surface area (Å²) in [6, 6.07) is 25.0. The molecule has 0 atom stereocenters. The fraction of sp³-hybridized carbons (Fsp3) is 0.125. The standard InChI is InChI=1S/C24H19F3N2O/c1-17-8-5-6-13-21(17)29-22(15-23(28-29)24(25,26)27)19-11-7-12-20(14-19)30-16-18-9-3-2-4-10-18/h2-15H,16H2,1H3. The van der Waals surface area contributed by atoms with Gasteiger partial charge >= 0.3 is 6.18 Å². The summed E-state index contributed by atoms with van der Waals surface area (Å²) in [6.45, 7) is 2.21. The molecule has 0 bridgehead atoms. The van der Waals surface area contributed by atoms with Gasteiger partial charge in [-0.05, 0) is 42.3 Å². The van der Waals surface area contributed by atoms with E-state index in [1.54, 1.807) is 36.4 Å². The minimum Gasteiger partial charge on any atom is -0.489 e. The fourth-order valence-electron chi connectivity index (χ4n) is 3.20. The number of hydrogen-bond donors (Lipinski definition) is 0. The molecule has 1 aromatic heterocycles. The van der Waals surface area contributed by atoms with Crippen LogP contribution in [0, 0.1) is 6.92 Å². The van der Waals surface area contributed by atoms with E-state index >= 15 is 0 Å². The molecule has 0 aliphatic heterocycles. The third-order valence-corrected chi connectivity index (χ3v) is 4.72. The Morgan fingerprint density at radius 3 is 2.33 bits per heavy atom. The van der Waals surface area contributed by atoms with Crippen molar-refractivity contribution in [2.75, 3.05) is 0 Å². The summed E-state index contributed by atoms with van der Waals surface area (Å²) in [5, 5.41) is 3.86. The largest absolute Gasteiger partial charge is 0.489 e. The molecule has 0 saturated heterocycles. The SMILES string of the molecule is Cc1ccccc1-n1nc(C(F)(F)F)cc1-c1cccc(OCc2ccccc2)c1. The van der Waals surface area contributed by atoms with Gasteiger partial charge in [0, 0.05) is 5.56 Å². The third-order valence-electron chi connectivity index (χ3n) is 4.72. The second kappa shape index (κ2) is 8.06. The van der Waals surface area contributed by atoms with Gasteiger partial charge in [0.1, 0.15) is 12.4 Å². The minimum atomic E-state index is -4.54. The molecule has 0 N–H and O–H groups in total. The number of aromatic nitrogens is 2. The number of ether oxygens (including phenoxy) is 1. The van der Waals surface area contributed by atoms with Crippen LogP contribution in [0.4, 0.5) is 13.2 Å². The van der Waals surface area contributed by atoms with Crippen molar-refractivity contribution in [2.24, 2.45) is 0 Å². The first-order valence-corrected chi connectivity index (χ1v) is 9.42. The van der Waals surface area contributed by atoms with Crippen molar-refractivity contribution >= 4 is 0 Å². The number of hydrogen-bond acceptors (Lipinski definition) is 2. The average Bonchev–Trinajstić information content (AvgIpc) is 3.19. The predicted octanol–water partition coefficient (Wildman–Crippen LogP) is 6.45. The van der Waals surface area contributed by atoms with Gasteiger partial charge in [-0.2, -0.15) is 18.3 Å². The van der Waals surface area contributed by atoms with E-state index in [0.29, 0.717) is 29.3 Å². The summed E-state index contributed by atoms with van der Waals surface area (Å²) in [6.07, 6.45) is -4.54. The summed E-state index contributed by atoms with van der Waals surface area (Å²) < 4.78 is 47.4. The van der Waals surface area contributed by atoms with E-state index in [0.717, 1.165) is 17.2 Å². The van der Waals surface area contributed by atoms with Gasteiger partial charge < -0.3 is 4.74 Å². The van der Waals surface area contributed by atoms with Crippen LogP contribution in [0.25, 0.3) is 16.9 Å². The molecular formula is C24H19F3N2O. The molecule has 3 aromatic carbocycles. The van der Waals surface area contributed by atoms with Crippen LogP contribution in [0.2, 0.25) is 0 Å². The average molecular weight is 408 g/mol. The first kappa shape index (κ1) is 19.8. The van der Waals surface area contributed by atoms with Crippen LogP contribution < -0.4 is 4.74 Å². The molecule has 1 heterocycles. The molecule has 0 amide bonds. The number of halogens is 3. The second-order valence-corrected chi connectivity index (χ2v) is 6.91. The Morgan fingerprint density at radius 1 is 0.867 bits per heavy atom. The molecule has 152 valence electrons. The quantitative estimate of drug-likeness (QED) is 0.380. The lowest BCUT2D eigenvalue weighted by Crippen LogP contribution is -2.08. The molecule has 0 aliphatic carbocycles. The third kappa shape index (κ3) is 4.22. The van der Waals surface area contributed by atoms with E-state index in [1.165, 1.54) is 4.68 Å². The van der Waals surface area contributed by atoms with Crippen LogP contribution in [-0.2, 0) is 12.8 Å². The fourth-order valence-corrected chi connectivity index (χ4v) is 3.20. The van der Waals surface area contributed by atoms with Gasteiger partial charge in [0.05, 0.1) is 11.4 Å². The Labute approximate surface area is 172 Å². The molecule has 4 aromatic rings. The highest BCUT2D eigenvalue weighted by molar-refractivity contribution is 5.65. The number of rotatable bonds is 5. The number of nitrogens with zero attached hydrogens (tertiary/aromatic N) is 2. The molecule has 6 heteroatoms. The summed E-state index contributed by atoms with van der Waals surface area (Å²) in [5.74, 6) is 0.572. The summed E-state index contributed by atoms with van der Waals surface area (Å²) in [7, 11) is 0. The lowest BCUT2D eigenvalue weighted by atomic mass is 10.1. The van der Waals surface area contributed by atoms with Gasteiger partial charge in [-0.3, -0.25) is 0 Å². The Hall–Kier alpha value is -3.54. The number of benzene rings is 3. The Bertz CT molecular complexity index is 1150. The lowest BCUT2D eigenvalue weighted by Gasteiger charge is -2.12. The highest BCUT2D eigenvalue weighted by Gasteiger charge is 2.35. The Balaban J connectivity index is 1.73. The van der Waals surface area contributed by atoms with Crippen LogP contribution in [0.1, 0.15) is 16.8 Å². The molecule has 0 radical (unpaired) electrons. The maximum absolute atomic E-state index is 13.4. The number of aryl methyl sites for hydroxylation is 1. The molecule has 0 aliphatic rings. The molecule has 0 unspecified atom stereocenters. The first-order chi connectivity index (χ1) is 14.4. The molecule has 3 nitrogen and oxygen atoms in total. The highest BCUT2D eigenvalue weighted by atomic mass is 19.4. The first-order valence-electron chi connectivity index (χ1n) is 9.42. The van der Waals surface area contributed by atoms with Crippen molar-refractivity contribution in [1.82, 2.24) is 9.78 Å². The predicted molar refractivity (Wildman–Crippen MR) is 110 cm³/mol. The van der Waals surface area contributed by atoms with Gasteiger partial charge in [0.15, 0.2) is 5.69 Å². The minimum absolute atomic E-state index is 0.349. The zero-order chi connectivity index (χ0) is 21.1. The van der Waals surface area contributed by atoms with E-state index in [2.05, 4.69) is 5.10 Å². The van der Waals surface area contributed by atoms with E-state index < -0.39 is 11.9 Å². The van der Waals surface area contributed by atoms with Crippen molar-refractivity contribution in [3.63, 3.8) is 0 Å². The van der Waals surface area contributed by atoms with E-state index in [9.17, 15) is 13.2 Å². The van der Waals surface area contributed by atoms with Crippen LogP contribution in [0.5, 0.6) is 5.75 Å². The molecule has 0 saturated carbocycles. The van der Waals surface area contributed by atoms with Crippen molar-refractivity contribution in [3.8, 4) is 22.7 Å². The van der Waals surface area contributed by atoms with Gasteiger partial charge in [-0.25, -0.2) is 4.68 Å². The number of alkyl halides is 3. The molecule has 30 heavy (non-hydrogen) atoms. The maximum atomic E-state index is 13.4. The maximum Gasteiger partial charge on any atom is 0.435 e. The Kier molecular flexibility index (Phi) is 5.31. The van der Waals surface area contributed by atoms with Crippen molar-refractivity contribution < 1.29 is 17.9 Å². The van der Waals surface area contributed by atoms with Crippen molar-refractivity contribution in [3.05, 3.63) is 102 Å². The normalized spacial score (nSPS) is 11.5. The van der Waals surface area contributed by atoms with Gasteiger partial charge in [-0.15, -0.1) is 0 Å². The smallest absolute Gasteiger partial charge is 0.435 e. The van der Waals surface area contributed by atoms with E-state index in [4.69, 9.17) is 4.74 Å². The summed E-state index contributed by atoms with van der Waals surface area (Å²) >= 11 is 0. The van der Waals surface area contributed by atoms with Crippen LogP contribution in [-0.4, -0.2) is 9.78 Å². The van der Waals surface area contributed by atoms with Gasteiger partial charge in [0.25, 0.3) is 0 Å². The van der Waals surface area contributed by atoms with Crippen LogP contribution in [0.3, 0.4) is 0 Å². The molecular weight excluding hydrogens is 389 g/mol. The summed E-state index contributed by atoms with van der Waals surface area (Å²) in [5.41, 5.74) is 2.43. The summed E-state index contributed by atoms with van der Waals surface area (Å²) in [4.78, 5) is 0.